The molecule has 2 N–H and O–H groups in total. The number of rotatable bonds is 1. The summed E-state index contributed by atoms with van der Waals surface area (Å²) in [6, 6.07) is 18.2. The van der Waals surface area contributed by atoms with Gasteiger partial charge in [-0.25, -0.2) is 0 Å². The molecule has 3 aromatic rings. The Morgan fingerprint density at radius 3 is 2.71 bits per heavy atom. The fourth-order valence-corrected chi connectivity index (χ4v) is 3.03. The lowest BCUT2D eigenvalue weighted by Crippen LogP contribution is -2.24. The molecule has 0 radical (unpaired) electrons. The molecule has 3 nitrogen and oxygen atoms in total. The van der Waals surface area contributed by atoms with Crippen molar-refractivity contribution in [2.24, 2.45) is 5.73 Å². The van der Waals surface area contributed by atoms with E-state index in [1.165, 1.54) is 0 Å². The summed E-state index contributed by atoms with van der Waals surface area (Å²) in [5, 5.41) is 1.13. The summed E-state index contributed by atoms with van der Waals surface area (Å²) < 4.78 is 6.18. The summed E-state index contributed by atoms with van der Waals surface area (Å²) in [5.74, 6) is 0.884. The Labute approximate surface area is 123 Å². The van der Waals surface area contributed by atoms with Gasteiger partial charge in [-0.1, -0.05) is 42.5 Å². The van der Waals surface area contributed by atoms with Crippen molar-refractivity contribution in [1.82, 2.24) is 4.98 Å². The molecule has 0 spiro atoms. The first-order chi connectivity index (χ1) is 10.3. The predicted octanol–water partition coefficient (Wildman–Crippen LogP) is 3.76. The average molecular weight is 276 g/mol. The number of fused-ring (bicyclic) bond motifs is 2. The topological polar surface area (TPSA) is 48.1 Å². The second kappa shape index (κ2) is 4.86. The van der Waals surface area contributed by atoms with Crippen LogP contribution in [0.25, 0.3) is 10.9 Å². The lowest BCUT2D eigenvalue weighted by Gasteiger charge is -2.30. The van der Waals surface area contributed by atoms with E-state index in [-0.39, 0.29) is 12.1 Å². The zero-order chi connectivity index (χ0) is 14.2. The third-order valence-corrected chi connectivity index (χ3v) is 4.07. The van der Waals surface area contributed by atoms with E-state index in [1.807, 2.05) is 36.5 Å². The lowest BCUT2D eigenvalue weighted by molar-refractivity contribution is 0.163. The van der Waals surface area contributed by atoms with E-state index >= 15 is 0 Å². The van der Waals surface area contributed by atoms with E-state index in [1.54, 1.807) is 0 Å². The van der Waals surface area contributed by atoms with Gasteiger partial charge in [-0.3, -0.25) is 4.98 Å². The summed E-state index contributed by atoms with van der Waals surface area (Å²) in [7, 11) is 0. The fraction of sp³-hybridized carbons (Fsp3) is 0.167. The van der Waals surface area contributed by atoms with Crippen LogP contribution in [0.3, 0.4) is 0 Å². The molecule has 0 bridgehead atoms. The molecule has 1 aliphatic heterocycles. The zero-order valence-electron chi connectivity index (χ0n) is 11.6. The van der Waals surface area contributed by atoms with Gasteiger partial charge in [-0.2, -0.15) is 0 Å². The molecule has 0 fully saturated rings. The molecule has 0 saturated carbocycles. The van der Waals surface area contributed by atoms with Crippen molar-refractivity contribution in [3.8, 4) is 5.75 Å². The third kappa shape index (κ3) is 2.06. The zero-order valence-corrected chi connectivity index (χ0v) is 11.6. The Bertz CT molecular complexity index is 795. The van der Waals surface area contributed by atoms with Crippen LogP contribution in [0.2, 0.25) is 0 Å². The minimum atomic E-state index is -0.0477. The molecular formula is C18H16N2O. The summed E-state index contributed by atoms with van der Waals surface area (Å²) in [6.45, 7) is 0. The summed E-state index contributed by atoms with van der Waals surface area (Å²) in [5.41, 5.74) is 9.51. The molecular weight excluding hydrogens is 260 g/mol. The van der Waals surface area contributed by atoms with Crippen molar-refractivity contribution in [1.29, 1.82) is 0 Å². The monoisotopic (exact) mass is 276 g/mol. The number of para-hydroxylation sites is 2. The number of nitrogens with zero attached hydrogens (tertiary/aromatic N) is 1. The highest BCUT2D eigenvalue weighted by Gasteiger charge is 2.27. The van der Waals surface area contributed by atoms with Crippen LogP contribution in [-0.2, 0) is 0 Å². The highest BCUT2D eigenvalue weighted by molar-refractivity contribution is 5.82. The number of benzene rings is 2. The second-order valence-corrected chi connectivity index (χ2v) is 5.41. The fourth-order valence-electron chi connectivity index (χ4n) is 3.03. The molecule has 3 heteroatoms. The molecule has 4 rings (SSSR count). The summed E-state index contributed by atoms with van der Waals surface area (Å²) in [4.78, 5) is 4.52. The Kier molecular flexibility index (Phi) is 2.86. The van der Waals surface area contributed by atoms with Crippen molar-refractivity contribution < 1.29 is 4.74 Å². The quantitative estimate of drug-likeness (QED) is 0.736. The summed E-state index contributed by atoms with van der Waals surface area (Å²) in [6.07, 6.45) is 2.54. The number of ether oxygens (including phenoxy) is 1. The van der Waals surface area contributed by atoms with Gasteiger partial charge in [-0.05, 0) is 12.1 Å². The highest BCUT2D eigenvalue weighted by Crippen LogP contribution is 2.40. The molecule has 104 valence electrons. The molecule has 0 saturated heterocycles. The van der Waals surface area contributed by atoms with Crippen LogP contribution in [0.5, 0.6) is 5.75 Å². The smallest absolute Gasteiger partial charge is 0.128 e. The maximum atomic E-state index is 6.32. The largest absolute Gasteiger partial charge is 0.485 e. The summed E-state index contributed by atoms with van der Waals surface area (Å²) >= 11 is 0. The maximum Gasteiger partial charge on any atom is 0.128 e. The normalized spacial score (nSPS) is 20.8. The minimum Gasteiger partial charge on any atom is -0.485 e. The third-order valence-electron chi connectivity index (χ3n) is 4.07. The van der Waals surface area contributed by atoms with Crippen LogP contribution in [0.15, 0.2) is 60.8 Å². The second-order valence-electron chi connectivity index (χ2n) is 5.41. The molecule has 1 aliphatic rings. The standard InChI is InChI=1S/C18H16N2O/c19-15-11-17(21-16-9-2-1-7-13(15)16)14-8-3-5-12-6-4-10-20-18(12)14/h1-10,15,17H,11,19H2/t15-,17?/m0/s1. The van der Waals surface area contributed by atoms with Gasteiger partial charge in [-0.15, -0.1) is 0 Å². The first-order valence-electron chi connectivity index (χ1n) is 7.18. The number of aromatic nitrogens is 1. The van der Waals surface area contributed by atoms with E-state index in [4.69, 9.17) is 10.5 Å². The van der Waals surface area contributed by atoms with E-state index in [9.17, 15) is 0 Å². The molecule has 2 aromatic carbocycles. The molecule has 1 unspecified atom stereocenters. The number of nitrogens with two attached hydrogens (primary N) is 1. The molecule has 1 aromatic heterocycles. The van der Waals surface area contributed by atoms with Crippen molar-refractivity contribution in [3.63, 3.8) is 0 Å². The van der Waals surface area contributed by atoms with Gasteiger partial charge in [0.1, 0.15) is 11.9 Å². The molecule has 0 aliphatic carbocycles. The van der Waals surface area contributed by atoms with Crippen molar-refractivity contribution in [2.75, 3.05) is 0 Å². The number of pyridine rings is 1. The SMILES string of the molecule is N[C@H]1CC(c2cccc3cccnc23)Oc2ccccc21. The predicted molar refractivity (Wildman–Crippen MR) is 83.1 cm³/mol. The van der Waals surface area contributed by atoms with Crippen LogP contribution in [-0.4, -0.2) is 4.98 Å². The average Bonchev–Trinajstić information content (AvgIpc) is 2.54. The van der Waals surface area contributed by atoms with Crippen LogP contribution in [0.1, 0.15) is 29.7 Å². The first kappa shape index (κ1) is 12.4. The van der Waals surface area contributed by atoms with E-state index in [0.29, 0.717) is 0 Å². The van der Waals surface area contributed by atoms with Gasteiger partial charge in [0, 0.05) is 35.2 Å². The van der Waals surface area contributed by atoms with Gasteiger partial charge in [0.2, 0.25) is 0 Å². The minimum absolute atomic E-state index is 0.00100. The Morgan fingerprint density at radius 1 is 0.952 bits per heavy atom. The molecule has 2 atom stereocenters. The Morgan fingerprint density at radius 2 is 1.76 bits per heavy atom. The van der Waals surface area contributed by atoms with E-state index in [2.05, 4.69) is 29.2 Å². The maximum absolute atomic E-state index is 6.32. The first-order valence-corrected chi connectivity index (χ1v) is 7.18. The van der Waals surface area contributed by atoms with E-state index in [0.717, 1.165) is 34.2 Å². The van der Waals surface area contributed by atoms with Crippen molar-refractivity contribution >= 4 is 10.9 Å². The van der Waals surface area contributed by atoms with Crippen LogP contribution >= 0.6 is 0 Å². The van der Waals surface area contributed by atoms with Crippen molar-refractivity contribution in [2.45, 2.75) is 18.6 Å². The Hall–Kier alpha value is -2.39. The van der Waals surface area contributed by atoms with Gasteiger partial charge >= 0.3 is 0 Å². The molecule has 21 heavy (non-hydrogen) atoms. The van der Waals surface area contributed by atoms with Gasteiger partial charge in [0.25, 0.3) is 0 Å². The van der Waals surface area contributed by atoms with Crippen LogP contribution in [0.4, 0.5) is 0 Å². The van der Waals surface area contributed by atoms with Gasteiger partial charge in [0.05, 0.1) is 5.52 Å². The molecule has 2 heterocycles. The van der Waals surface area contributed by atoms with Gasteiger partial charge in [0.15, 0.2) is 0 Å². The lowest BCUT2D eigenvalue weighted by atomic mass is 9.92. The molecule has 0 amide bonds. The number of hydrogen-bond donors (Lipinski definition) is 1. The van der Waals surface area contributed by atoms with Crippen LogP contribution in [0, 0.1) is 0 Å². The Balaban J connectivity index is 1.81. The highest BCUT2D eigenvalue weighted by atomic mass is 16.5. The van der Waals surface area contributed by atoms with Crippen molar-refractivity contribution in [3.05, 3.63) is 71.9 Å². The van der Waals surface area contributed by atoms with E-state index < -0.39 is 0 Å². The number of hydrogen-bond acceptors (Lipinski definition) is 3. The van der Waals surface area contributed by atoms with Gasteiger partial charge < -0.3 is 10.5 Å². The van der Waals surface area contributed by atoms with Crippen LogP contribution < -0.4 is 10.5 Å².